The van der Waals surface area contributed by atoms with Crippen LogP contribution in [-0.2, 0) is 6.54 Å². The van der Waals surface area contributed by atoms with Crippen molar-refractivity contribution in [3.05, 3.63) is 83.7 Å². The van der Waals surface area contributed by atoms with E-state index in [1.165, 1.54) is 0 Å². The van der Waals surface area contributed by atoms with Gasteiger partial charge in [-0.2, -0.15) is 4.98 Å². The van der Waals surface area contributed by atoms with Crippen molar-refractivity contribution in [3.63, 3.8) is 0 Å². The normalized spacial score (nSPS) is 14.6. The first-order valence-corrected chi connectivity index (χ1v) is 10.7. The van der Waals surface area contributed by atoms with Gasteiger partial charge < -0.3 is 9.42 Å². The van der Waals surface area contributed by atoms with E-state index in [9.17, 15) is 4.79 Å². The largest absolute Gasteiger partial charge is 0.338 e. The summed E-state index contributed by atoms with van der Waals surface area (Å²) in [4.78, 5) is 25.8. The summed E-state index contributed by atoms with van der Waals surface area (Å²) in [5, 5.41) is 4.73. The van der Waals surface area contributed by atoms with Crippen LogP contribution < -0.4 is 0 Å². The molecule has 4 aromatic rings. The van der Waals surface area contributed by atoms with Crippen molar-refractivity contribution in [1.29, 1.82) is 0 Å². The SMILES string of the molecule is O=C(c1cncn1-c1ccccc1)N1CCN(Cc2nc(-c3ccc(Cl)cc3)no2)CC1. The molecule has 2 aromatic carbocycles. The Morgan fingerprint density at radius 3 is 2.50 bits per heavy atom. The lowest BCUT2D eigenvalue weighted by Gasteiger charge is -2.34. The van der Waals surface area contributed by atoms with Gasteiger partial charge in [-0.1, -0.05) is 35.0 Å². The number of hydrogen-bond donors (Lipinski definition) is 0. The summed E-state index contributed by atoms with van der Waals surface area (Å²) in [6.45, 7) is 3.24. The van der Waals surface area contributed by atoms with E-state index in [0.29, 0.717) is 42.1 Å². The molecule has 32 heavy (non-hydrogen) atoms. The van der Waals surface area contributed by atoms with Crippen molar-refractivity contribution in [1.82, 2.24) is 29.5 Å². The van der Waals surface area contributed by atoms with Crippen LogP contribution >= 0.6 is 11.6 Å². The van der Waals surface area contributed by atoms with Crippen molar-refractivity contribution >= 4 is 17.5 Å². The van der Waals surface area contributed by atoms with Crippen molar-refractivity contribution < 1.29 is 9.32 Å². The van der Waals surface area contributed by atoms with Gasteiger partial charge in [0.2, 0.25) is 11.7 Å². The number of amides is 1. The van der Waals surface area contributed by atoms with Crippen LogP contribution in [0.3, 0.4) is 0 Å². The van der Waals surface area contributed by atoms with Gasteiger partial charge in [0, 0.05) is 42.5 Å². The van der Waals surface area contributed by atoms with Crippen LogP contribution in [0, 0.1) is 0 Å². The van der Waals surface area contributed by atoms with Crippen LogP contribution in [0.25, 0.3) is 17.1 Å². The average Bonchev–Trinajstić information content (AvgIpc) is 3.50. The summed E-state index contributed by atoms with van der Waals surface area (Å²) in [6.07, 6.45) is 3.30. The Hall–Kier alpha value is -3.49. The maximum Gasteiger partial charge on any atom is 0.272 e. The molecule has 2 aromatic heterocycles. The molecule has 1 fully saturated rings. The summed E-state index contributed by atoms with van der Waals surface area (Å²) in [6, 6.07) is 17.1. The molecule has 5 rings (SSSR count). The van der Waals surface area contributed by atoms with E-state index in [4.69, 9.17) is 16.1 Å². The number of rotatable bonds is 5. The second-order valence-electron chi connectivity index (χ2n) is 7.57. The van der Waals surface area contributed by atoms with Crippen molar-refractivity contribution in [3.8, 4) is 17.1 Å². The van der Waals surface area contributed by atoms with Gasteiger partial charge in [0.05, 0.1) is 19.1 Å². The van der Waals surface area contributed by atoms with Crippen LogP contribution in [0.5, 0.6) is 0 Å². The fraction of sp³-hybridized carbons (Fsp3) is 0.217. The van der Waals surface area contributed by atoms with Gasteiger partial charge in [-0.15, -0.1) is 0 Å². The molecule has 0 atom stereocenters. The van der Waals surface area contributed by atoms with E-state index in [2.05, 4.69) is 20.0 Å². The highest BCUT2D eigenvalue weighted by atomic mass is 35.5. The Morgan fingerprint density at radius 2 is 1.75 bits per heavy atom. The lowest BCUT2D eigenvalue weighted by Crippen LogP contribution is -2.48. The number of aromatic nitrogens is 4. The van der Waals surface area contributed by atoms with Gasteiger partial charge in [0.1, 0.15) is 5.69 Å². The standard InChI is InChI=1S/C23H21ClN6O2/c24-18-8-6-17(7-9-18)22-26-21(32-27-22)15-28-10-12-29(13-11-28)23(31)20-14-25-16-30(20)19-4-2-1-3-5-19/h1-9,14,16H,10-13,15H2. The topological polar surface area (TPSA) is 80.3 Å². The Balaban J connectivity index is 1.20. The minimum absolute atomic E-state index is 0.0196. The average molecular weight is 449 g/mol. The molecule has 0 N–H and O–H groups in total. The minimum Gasteiger partial charge on any atom is -0.338 e. The zero-order chi connectivity index (χ0) is 21.9. The van der Waals surface area contributed by atoms with Crippen LogP contribution in [-0.4, -0.2) is 61.6 Å². The molecular weight excluding hydrogens is 428 g/mol. The molecule has 162 valence electrons. The molecule has 0 unspecified atom stereocenters. The zero-order valence-electron chi connectivity index (χ0n) is 17.3. The van der Waals surface area contributed by atoms with Crippen molar-refractivity contribution in [2.75, 3.05) is 26.2 Å². The van der Waals surface area contributed by atoms with Gasteiger partial charge in [-0.05, 0) is 36.4 Å². The third-order valence-electron chi connectivity index (χ3n) is 5.48. The maximum absolute atomic E-state index is 13.1. The monoisotopic (exact) mass is 448 g/mol. The quantitative estimate of drug-likeness (QED) is 0.464. The molecule has 8 nitrogen and oxygen atoms in total. The number of nitrogens with zero attached hydrogens (tertiary/aromatic N) is 6. The summed E-state index contributed by atoms with van der Waals surface area (Å²) in [5.74, 6) is 1.07. The first kappa shape index (κ1) is 20.4. The summed E-state index contributed by atoms with van der Waals surface area (Å²) >= 11 is 5.94. The van der Waals surface area contributed by atoms with E-state index >= 15 is 0 Å². The first-order valence-electron chi connectivity index (χ1n) is 10.4. The predicted molar refractivity (Wildman–Crippen MR) is 119 cm³/mol. The Labute approximate surface area is 190 Å². The van der Waals surface area contributed by atoms with E-state index < -0.39 is 0 Å². The van der Waals surface area contributed by atoms with Gasteiger partial charge >= 0.3 is 0 Å². The maximum atomic E-state index is 13.1. The Morgan fingerprint density at radius 1 is 1.00 bits per heavy atom. The Bertz CT molecular complexity index is 1200. The molecule has 0 saturated carbocycles. The molecule has 1 amide bonds. The highest BCUT2D eigenvalue weighted by molar-refractivity contribution is 6.30. The molecule has 1 saturated heterocycles. The number of hydrogen-bond acceptors (Lipinski definition) is 6. The van der Waals surface area contributed by atoms with Crippen molar-refractivity contribution in [2.24, 2.45) is 0 Å². The number of imidazole rings is 1. The summed E-state index contributed by atoms with van der Waals surface area (Å²) < 4.78 is 7.25. The lowest BCUT2D eigenvalue weighted by atomic mass is 10.2. The Kier molecular flexibility index (Phi) is 5.70. The fourth-order valence-corrected chi connectivity index (χ4v) is 3.87. The third kappa shape index (κ3) is 4.28. The van der Waals surface area contributed by atoms with Crippen LogP contribution in [0.1, 0.15) is 16.4 Å². The molecule has 1 aliphatic heterocycles. The minimum atomic E-state index is -0.0196. The van der Waals surface area contributed by atoms with Crippen LogP contribution in [0.2, 0.25) is 5.02 Å². The van der Waals surface area contributed by atoms with E-state index in [-0.39, 0.29) is 5.91 Å². The highest BCUT2D eigenvalue weighted by Crippen LogP contribution is 2.20. The first-order chi connectivity index (χ1) is 15.7. The molecule has 0 radical (unpaired) electrons. The number of halogens is 1. The number of para-hydroxylation sites is 1. The smallest absolute Gasteiger partial charge is 0.272 e. The van der Waals surface area contributed by atoms with Gasteiger partial charge in [0.25, 0.3) is 5.91 Å². The van der Waals surface area contributed by atoms with E-state index in [0.717, 1.165) is 24.3 Å². The molecule has 1 aliphatic rings. The van der Waals surface area contributed by atoms with E-state index in [1.807, 2.05) is 51.9 Å². The summed E-state index contributed by atoms with van der Waals surface area (Å²) in [7, 11) is 0. The lowest BCUT2D eigenvalue weighted by molar-refractivity contribution is 0.0607. The number of benzene rings is 2. The van der Waals surface area contributed by atoms with E-state index in [1.54, 1.807) is 24.7 Å². The molecule has 0 aliphatic carbocycles. The van der Waals surface area contributed by atoms with Gasteiger partial charge in [-0.25, -0.2) is 4.98 Å². The molecule has 0 bridgehead atoms. The van der Waals surface area contributed by atoms with Gasteiger partial charge in [0.15, 0.2) is 0 Å². The molecule has 9 heteroatoms. The van der Waals surface area contributed by atoms with Crippen molar-refractivity contribution in [2.45, 2.75) is 6.54 Å². The highest BCUT2D eigenvalue weighted by Gasteiger charge is 2.25. The molecule has 3 heterocycles. The predicted octanol–water partition coefficient (Wildman–Crippen LogP) is 3.53. The van der Waals surface area contributed by atoms with Crippen LogP contribution in [0.4, 0.5) is 0 Å². The van der Waals surface area contributed by atoms with Gasteiger partial charge in [-0.3, -0.25) is 14.3 Å². The fourth-order valence-electron chi connectivity index (χ4n) is 3.75. The second kappa shape index (κ2) is 8.94. The molecular formula is C23H21ClN6O2. The zero-order valence-corrected chi connectivity index (χ0v) is 18.0. The second-order valence-corrected chi connectivity index (χ2v) is 8.01. The molecule has 0 spiro atoms. The number of piperazine rings is 1. The number of carbonyl (C=O) groups is 1. The van der Waals surface area contributed by atoms with Crippen LogP contribution in [0.15, 0.2) is 71.6 Å². The number of carbonyl (C=O) groups excluding carboxylic acids is 1. The third-order valence-corrected chi connectivity index (χ3v) is 5.73. The summed E-state index contributed by atoms with van der Waals surface area (Å²) in [5.41, 5.74) is 2.34.